The minimum Gasteiger partial charge on any atom is -0.462 e. The summed E-state index contributed by atoms with van der Waals surface area (Å²) in [6.45, 7) is 6.63. The van der Waals surface area contributed by atoms with E-state index >= 15 is 0 Å². The van der Waals surface area contributed by atoms with Crippen LogP contribution >= 0.6 is 0 Å². The molecule has 0 aliphatic carbocycles. The number of anilines is 1. The Hall–Kier alpha value is -3.87. The number of nitrogens with zero attached hydrogens (tertiary/aromatic N) is 3. The number of carbonyl (C=O) groups excluding carboxylic acids is 1. The van der Waals surface area contributed by atoms with Crippen molar-refractivity contribution in [1.29, 1.82) is 0 Å². The van der Waals surface area contributed by atoms with Crippen LogP contribution in [-0.2, 0) is 0 Å². The standard InChI is InChI=1S/C24H24N4O3/c1-16(2)15-31-24-26-22(21-5-4-14-30-21)28(27-24)20-12-10-19(11-13-20)25-23(29)18-8-6-17(3)7-9-18/h4-14,16H,15H2,1-3H3,(H,25,29). The van der Waals surface area contributed by atoms with E-state index in [0.717, 1.165) is 11.3 Å². The number of hydrogen-bond acceptors (Lipinski definition) is 5. The maximum Gasteiger partial charge on any atom is 0.336 e. The largest absolute Gasteiger partial charge is 0.462 e. The Labute approximate surface area is 180 Å². The summed E-state index contributed by atoms with van der Waals surface area (Å²) >= 11 is 0. The number of aryl methyl sites for hydroxylation is 1. The van der Waals surface area contributed by atoms with E-state index in [0.29, 0.717) is 35.4 Å². The average Bonchev–Trinajstić information content (AvgIpc) is 3.43. The molecule has 0 atom stereocenters. The van der Waals surface area contributed by atoms with E-state index in [-0.39, 0.29) is 11.9 Å². The Morgan fingerprint density at radius 3 is 2.48 bits per heavy atom. The van der Waals surface area contributed by atoms with Crippen molar-refractivity contribution in [3.05, 3.63) is 78.1 Å². The molecule has 158 valence electrons. The van der Waals surface area contributed by atoms with Crippen LogP contribution in [0.5, 0.6) is 6.01 Å². The van der Waals surface area contributed by atoms with Crippen LogP contribution < -0.4 is 10.1 Å². The zero-order valence-corrected chi connectivity index (χ0v) is 17.7. The van der Waals surface area contributed by atoms with Crippen molar-refractivity contribution in [2.24, 2.45) is 5.92 Å². The molecule has 1 amide bonds. The van der Waals surface area contributed by atoms with Gasteiger partial charge in [0.2, 0.25) is 5.82 Å². The van der Waals surface area contributed by atoms with Gasteiger partial charge in [-0.3, -0.25) is 4.79 Å². The Balaban J connectivity index is 1.56. The van der Waals surface area contributed by atoms with Crippen molar-refractivity contribution in [2.75, 3.05) is 11.9 Å². The summed E-state index contributed by atoms with van der Waals surface area (Å²) < 4.78 is 12.9. The van der Waals surface area contributed by atoms with Crippen molar-refractivity contribution in [2.45, 2.75) is 20.8 Å². The number of hydrogen-bond donors (Lipinski definition) is 1. The van der Waals surface area contributed by atoms with Crippen LogP contribution in [-0.4, -0.2) is 27.3 Å². The van der Waals surface area contributed by atoms with E-state index in [1.54, 1.807) is 17.0 Å². The highest BCUT2D eigenvalue weighted by molar-refractivity contribution is 6.04. The van der Waals surface area contributed by atoms with Gasteiger partial charge in [0.05, 0.1) is 18.6 Å². The normalized spacial score (nSPS) is 11.0. The van der Waals surface area contributed by atoms with Crippen LogP contribution in [0.4, 0.5) is 5.69 Å². The third-order valence-electron chi connectivity index (χ3n) is 4.56. The molecule has 0 radical (unpaired) electrons. The van der Waals surface area contributed by atoms with Crippen molar-refractivity contribution >= 4 is 11.6 Å². The van der Waals surface area contributed by atoms with Crippen LogP contribution in [0.1, 0.15) is 29.8 Å². The van der Waals surface area contributed by atoms with Crippen LogP contribution in [0.25, 0.3) is 17.3 Å². The summed E-state index contributed by atoms with van der Waals surface area (Å²) in [5.41, 5.74) is 3.17. The Morgan fingerprint density at radius 1 is 1.10 bits per heavy atom. The zero-order valence-electron chi connectivity index (χ0n) is 17.7. The number of furan rings is 1. The minimum absolute atomic E-state index is 0.158. The summed E-state index contributed by atoms with van der Waals surface area (Å²) in [6, 6.07) is 18.7. The summed E-state index contributed by atoms with van der Waals surface area (Å²) in [6.07, 6.45) is 1.59. The number of rotatable bonds is 7. The smallest absolute Gasteiger partial charge is 0.336 e. The second kappa shape index (κ2) is 8.87. The Morgan fingerprint density at radius 2 is 1.84 bits per heavy atom. The van der Waals surface area contributed by atoms with Gasteiger partial charge in [-0.15, -0.1) is 5.10 Å². The van der Waals surface area contributed by atoms with Crippen LogP contribution in [0.2, 0.25) is 0 Å². The predicted octanol–water partition coefficient (Wildman–Crippen LogP) is 5.12. The lowest BCUT2D eigenvalue weighted by molar-refractivity contribution is 0.102. The molecule has 0 aliphatic rings. The van der Waals surface area contributed by atoms with E-state index in [1.165, 1.54) is 0 Å². The lowest BCUT2D eigenvalue weighted by Gasteiger charge is -2.08. The van der Waals surface area contributed by atoms with E-state index in [9.17, 15) is 4.79 Å². The van der Waals surface area contributed by atoms with Gasteiger partial charge >= 0.3 is 6.01 Å². The molecule has 4 rings (SSSR count). The number of nitrogens with one attached hydrogen (secondary N) is 1. The average molecular weight is 416 g/mol. The van der Waals surface area contributed by atoms with Gasteiger partial charge in [0.15, 0.2) is 5.76 Å². The topological polar surface area (TPSA) is 82.2 Å². The van der Waals surface area contributed by atoms with E-state index in [2.05, 4.69) is 29.2 Å². The molecule has 2 aromatic heterocycles. The molecule has 2 aromatic carbocycles. The van der Waals surface area contributed by atoms with Crippen molar-refractivity contribution in [3.8, 4) is 23.3 Å². The second-order valence-electron chi connectivity index (χ2n) is 7.68. The number of ether oxygens (including phenoxy) is 1. The fourth-order valence-corrected chi connectivity index (χ4v) is 2.94. The third kappa shape index (κ3) is 4.83. The van der Waals surface area contributed by atoms with Crippen molar-refractivity contribution < 1.29 is 13.9 Å². The molecular formula is C24H24N4O3. The van der Waals surface area contributed by atoms with Gasteiger partial charge in [-0.2, -0.15) is 4.98 Å². The molecular weight excluding hydrogens is 392 g/mol. The molecule has 0 saturated carbocycles. The molecule has 7 heteroatoms. The first-order valence-electron chi connectivity index (χ1n) is 10.1. The van der Waals surface area contributed by atoms with Gasteiger partial charge in [0.25, 0.3) is 5.91 Å². The zero-order chi connectivity index (χ0) is 21.8. The molecule has 0 bridgehead atoms. The van der Waals surface area contributed by atoms with E-state index in [4.69, 9.17) is 9.15 Å². The number of carbonyl (C=O) groups is 1. The van der Waals surface area contributed by atoms with Crippen LogP contribution in [0, 0.1) is 12.8 Å². The van der Waals surface area contributed by atoms with Gasteiger partial charge < -0.3 is 14.5 Å². The van der Waals surface area contributed by atoms with Gasteiger partial charge in [-0.25, -0.2) is 4.68 Å². The monoisotopic (exact) mass is 416 g/mol. The summed E-state index contributed by atoms with van der Waals surface area (Å²) in [5, 5.41) is 7.40. The molecule has 7 nitrogen and oxygen atoms in total. The first-order valence-corrected chi connectivity index (χ1v) is 10.1. The SMILES string of the molecule is Cc1ccc(C(=O)Nc2ccc(-n3nc(OCC(C)C)nc3-c3ccco3)cc2)cc1. The second-order valence-corrected chi connectivity index (χ2v) is 7.68. The fraction of sp³-hybridized carbons (Fsp3) is 0.208. The van der Waals surface area contributed by atoms with Crippen LogP contribution in [0.15, 0.2) is 71.3 Å². The molecule has 1 N–H and O–H groups in total. The lowest BCUT2D eigenvalue weighted by Crippen LogP contribution is -2.11. The highest BCUT2D eigenvalue weighted by atomic mass is 16.5. The highest BCUT2D eigenvalue weighted by Crippen LogP contribution is 2.25. The van der Waals surface area contributed by atoms with E-state index < -0.39 is 0 Å². The van der Waals surface area contributed by atoms with Crippen LogP contribution in [0.3, 0.4) is 0 Å². The molecule has 2 heterocycles. The third-order valence-corrected chi connectivity index (χ3v) is 4.56. The molecule has 0 unspecified atom stereocenters. The molecule has 0 fully saturated rings. The highest BCUT2D eigenvalue weighted by Gasteiger charge is 2.17. The number of amides is 1. The van der Waals surface area contributed by atoms with Gasteiger partial charge in [-0.1, -0.05) is 31.5 Å². The predicted molar refractivity (Wildman–Crippen MR) is 119 cm³/mol. The molecule has 0 saturated heterocycles. The molecule has 4 aromatic rings. The Kier molecular flexibility index (Phi) is 5.84. The number of aromatic nitrogens is 3. The first kappa shape index (κ1) is 20.4. The Bertz CT molecular complexity index is 1140. The molecule has 0 spiro atoms. The quantitative estimate of drug-likeness (QED) is 0.452. The fourth-order valence-electron chi connectivity index (χ4n) is 2.94. The van der Waals surface area contributed by atoms with Crippen molar-refractivity contribution in [3.63, 3.8) is 0 Å². The summed E-state index contributed by atoms with van der Waals surface area (Å²) in [4.78, 5) is 16.9. The number of benzene rings is 2. The minimum atomic E-state index is -0.158. The maximum atomic E-state index is 12.5. The maximum absolute atomic E-state index is 12.5. The first-order chi connectivity index (χ1) is 15.0. The van der Waals surface area contributed by atoms with Gasteiger partial charge in [0.1, 0.15) is 0 Å². The molecule has 31 heavy (non-hydrogen) atoms. The molecule has 0 aliphatic heterocycles. The van der Waals surface area contributed by atoms with E-state index in [1.807, 2.05) is 61.5 Å². The lowest BCUT2D eigenvalue weighted by atomic mass is 10.1. The van der Waals surface area contributed by atoms with Gasteiger partial charge in [0, 0.05) is 11.3 Å². The summed E-state index contributed by atoms with van der Waals surface area (Å²) in [7, 11) is 0. The van der Waals surface area contributed by atoms with Crippen molar-refractivity contribution in [1.82, 2.24) is 14.8 Å². The van der Waals surface area contributed by atoms with Gasteiger partial charge in [-0.05, 0) is 61.4 Å². The summed E-state index contributed by atoms with van der Waals surface area (Å²) in [5.74, 6) is 1.33.